The highest BCUT2D eigenvalue weighted by Gasteiger charge is 2.35. The van der Waals surface area contributed by atoms with Crippen molar-refractivity contribution in [1.82, 2.24) is 15.0 Å². The van der Waals surface area contributed by atoms with E-state index in [1.54, 1.807) is 6.92 Å². The molecule has 1 fully saturated rings. The van der Waals surface area contributed by atoms with E-state index in [0.717, 1.165) is 32.4 Å². The van der Waals surface area contributed by atoms with Gasteiger partial charge in [-0.15, -0.1) is 0 Å². The zero-order chi connectivity index (χ0) is 14.6. The standard InChI is InChI=1S/C12H18F3N5/c1-2-16-9-8-10(18-11(17-9)12(13,14)15)19-20-6-4-3-5-7-20/h8H,2-7H2,1H3,(H2,16,17,18,19). The highest BCUT2D eigenvalue weighted by atomic mass is 19.4. The highest BCUT2D eigenvalue weighted by molar-refractivity contribution is 5.47. The van der Waals surface area contributed by atoms with Crippen molar-refractivity contribution in [3.05, 3.63) is 11.9 Å². The van der Waals surface area contributed by atoms with Crippen molar-refractivity contribution in [2.45, 2.75) is 32.4 Å². The van der Waals surface area contributed by atoms with Crippen LogP contribution in [0.25, 0.3) is 0 Å². The Hall–Kier alpha value is -1.57. The molecule has 0 saturated carbocycles. The first-order valence-electron chi connectivity index (χ1n) is 6.71. The van der Waals surface area contributed by atoms with Gasteiger partial charge >= 0.3 is 6.18 Å². The second-order valence-electron chi connectivity index (χ2n) is 4.65. The highest BCUT2D eigenvalue weighted by Crippen LogP contribution is 2.28. The summed E-state index contributed by atoms with van der Waals surface area (Å²) in [6.07, 6.45) is -1.34. The van der Waals surface area contributed by atoms with Crippen molar-refractivity contribution < 1.29 is 13.2 Å². The van der Waals surface area contributed by atoms with Crippen molar-refractivity contribution in [2.75, 3.05) is 30.4 Å². The minimum absolute atomic E-state index is 0.171. The van der Waals surface area contributed by atoms with Crippen LogP contribution in [0.4, 0.5) is 24.8 Å². The first-order valence-corrected chi connectivity index (χ1v) is 6.71. The fourth-order valence-electron chi connectivity index (χ4n) is 2.07. The van der Waals surface area contributed by atoms with Crippen LogP contribution in [0, 0.1) is 0 Å². The van der Waals surface area contributed by atoms with Crippen molar-refractivity contribution in [1.29, 1.82) is 0 Å². The van der Waals surface area contributed by atoms with Gasteiger partial charge in [0.25, 0.3) is 0 Å². The molecule has 1 aliphatic heterocycles. The maximum atomic E-state index is 12.8. The van der Waals surface area contributed by atoms with Crippen molar-refractivity contribution in [3.63, 3.8) is 0 Å². The summed E-state index contributed by atoms with van der Waals surface area (Å²) in [7, 11) is 0. The minimum Gasteiger partial charge on any atom is -0.370 e. The molecule has 0 aliphatic carbocycles. The lowest BCUT2D eigenvalue weighted by atomic mass is 10.2. The van der Waals surface area contributed by atoms with Crippen molar-refractivity contribution in [3.8, 4) is 0 Å². The number of halogens is 3. The molecule has 2 heterocycles. The monoisotopic (exact) mass is 289 g/mol. The molecule has 1 aliphatic rings. The van der Waals surface area contributed by atoms with Gasteiger partial charge in [0.1, 0.15) is 11.6 Å². The number of hydrazine groups is 1. The summed E-state index contributed by atoms with van der Waals surface area (Å²) in [5.41, 5.74) is 2.93. The summed E-state index contributed by atoms with van der Waals surface area (Å²) in [5.74, 6) is -0.782. The molecule has 0 unspecified atom stereocenters. The maximum Gasteiger partial charge on any atom is 0.451 e. The van der Waals surface area contributed by atoms with E-state index < -0.39 is 12.0 Å². The van der Waals surface area contributed by atoms with Crippen molar-refractivity contribution >= 4 is 11.6 Å². The van der Waals surface area contributed by atoms with Crippen LogP contribution in [-0.4, -0.2) is 34.6 Å². The molecule has 112 valence electrons. The van der Waals surface area contributed by atoms with Gasteiger partial charge in [-0.25, -0.2) is 15.0 Å². The second kappa shape index (κ2) is 6.25. The Morgan fingerprint density at radius 3 is 2.40 bits per heavy atom. The number of alkyl halides is 3. The van der Waals surface area contributed by atoms with Gasteiger partial charge in [-0.3, -0.25) is 0 Å². The Kier molecular flexibility index (Phi) is 4.64. The number of nitrogens with zero attached hydrogens (tertiary/aromatic N) is 3. The zero-order valence-electron chi connectivity index (χ0n) is 11.3. The van der Waals surface area contributed by atoms with Crippen LogP contribution in [0.2, 0.25) is 0 Å². The number of nitrogens with one attached hydrogen (secondary N) is 2. The van der Waals surface area contributed by atoms with E-state index in [4.69, 9.17) is 0 Å². The number of rotatable bonds is 4. The molecule has 20 heavy (non-hydrogen) atoms. The molecule has 1 aromatic rings. The molecule has 2 N–H and O–H groups in total. The van der Waals surface area contributed by atoms with E-state index in [1.165, 1.54) is 6.07 Å². The average Bonchev–Trinajstić information content (AvgIpc) is 2.39. The van der Waals surface area contributed by atoms with Gasteiger partial charge in [0.15, 0.2) is 0 Å². The molecule has 0 aromatic carbocycles. The summed E-state index contributed by atoms with van der Waals surface area (Å²) in [6.45, 7) is 3.91. The predicted molar refractivity (Wildman–Crippen MR) is 70.2 cm³/mol. The Bertz CT molecular complexity index is 443. The Morgan fingerprint density at radius 1 is 1.15 bits per heavy atom. The molecule has 0 radical (unpaired) electrons. The number of piperidine rings is 1. The molecule has 5 nitrogen and oxygen atoms in total. The van der Waals surface area contributed by atoms with E-state index >= 15 is 0 Å². The molecule has 2 rings (SSSR count). The molecule has 8 heteroatoms. The first kappa shape index (κ1) is 14.8. The smallest absolute Gasteiger partial charge is 0.370 e. The summed E-state index contributed by atoms with van der Waals surface area (Å²) < 4.78 is 38.3. The number of anilines is 2. The molecular weight excluding hydrogens is 271 g/mol. The zero-order valence-corrected chi connectivity index (χ0v) is 11.3. The second-order valence-corrected chi connectivity index (χ2v) is 4.65. The van der Waals surface area contributed by atoms with Crippen LogP contribution in [0.15, 0.2) is 6.07 Å². The predicted octanol–water partition coefficient (Wildman–Crippen LogP) is 2.74. The summed E-state index contributed by atoms with van der Waals surface area (Å²) in [4.78, 5) is 7.03. The fraction of sp³-hybridized carbons (Fsp3) is 0.667. The molecule has 0 spiro atoms. The van der Waals surface area contributed by atoms with Crippen LogP contribution < -0.4 is 10.7 Å². The molecule has 1 saturated heterocycles. The fourth-order valence-corrected chi connectivity index (χ4v) is 2.07. The number of hydrogen-bond acceptors (Lipinski definition) is 5. The van der Waals surface area contributed by atoms with E-state index in [2.05, 4.69) is 20.7 Å². The quantitative estimate of drug-likeness (QED) is 0.892. The van der Waals surface area contributed by atoms with Crippen LogP contribution in [-0.2, 0) is 6.18 Å². The molecule has 0 atom stereocenters. The van der Waals surface area contributed by atoms with Gasteiger partial charge < -0.3 is 10.7 Å². The van der Waals surface area contributed by atoms with Crippen LogP contribution in [0.3, 0.4) is 0 Å². The third-order valence-corrected chi connectivity index (χ3v) is 2.97. The van der Waals surface area contributed by atoms with Gasteiger partial charge in [-0.05, 0) is 19.8 Å². The third kappa shape index (κ3) is 3.96. The van der Waals surface area contributed by atoms with Crippen LogP contribution in [0.5, 0.6) is 0 Å². The summed E-state index contributed by atoms with van der Waals surface area (Å²) >= 11 is 0. The average molecular weight is 289 g/mol. The van der Waals surface area contributed by atoms with Gasteiger partial charge in [0.2, 0.25) is 5.82 Å². The normalized spacial score (nSPS) is 17.0. The van der Waals surface area contributed by atoms with Gasteiger partial charge in [0.05, 0.1) is 0 Å². The van der Waals surface area contributed by atoms with E-state index in [9.17, 15) is 13.2 Å². The lowest BCUT2D eigenvalue weighted by molar-refractivity contribution is -0.144. The van der Waals surface area contributed by atoms with Gasteiger partial charge in [-0.1, -0.05) is 6.42 Å². The third-order valence-electron chi connectivity index (χ3n) is 2.97. The SMILES string of the molecule is CCNc1cc(NN2CCCCC2)nc(C(F)(F)F)n1. The van der Waals surface area contributed by atoms with E-state index in [0.29, 0.717) is 6.54 Å². The Balaban J connectivity index is 2.19. The molecule has 1 aromatic heterocycles. The maximum absolute atomic E-state index is 12.8. The molecular formula is C12H18F3N5. The van der Waals surface area contributed by atoms with Crippen LogP contribution in [0.1, 0.15) is 32.0 Å². The number of hydrogen-bond donors (Lipinski definition) is 2. The lowest BCUT2D eigenvalue weighted by Gasteiger charge is -2.27. The molecule has 0 bridgehead atoms. The van der Waals surface area contributed by atoms with Crippen LogP contribution >= 0.6 is 0 Å². The lowest BCUT2D eigenvalue weighted by Crippen LogP contribution is -2.35. The van der Waals surface area contributed by atoms with Crippen molar-refractivity contribution in [2.24, 2.45) is 0 Å². The molecule has 0 amide bonds. The Morgan fingerprint density at radius 2 is 1.80 bits per heavy atom. The van der Waals surface area contributed by atoms with E-state index in [-0.39, 0.29) is 11.6 Å². The number of aromatic nitrogens is 2. The topological polar surface area (TPSA) is 53.1 Å². The summed E-state index contributed by atoms with van der Waals surface area (Å²) in [5, 5.41) is 4.68. The minimum atomic E-state index is -4.55. The van der Waals surface area contributed by atoms with Gasteiger partial charge in [0, 0.05) is 25.7 Å². The largest absolute Gasteiger partial charge is 0.451 e. The first-order chi connectivity index (χ1) is 9.49. The summed E-state index contributed by atoms with van der Waals surface area (Å²) in [6, 6.07) is 1.49. The van der Waals surface area contributed by atoms with Gasteiger partial charge in [-0.2, -0.15) is 13.2 Å². The Labute approximate surface area is 115 Å². The van der Waals surface area contributed by atoms with E-state index in [1.807, 2.05) is 5.01 Å².